The predicted octanol–water partition coefficient (Wildman–Crippen LogP) is 20.6. The zero-order valence-corrected chi connectivity index (χ0v) is 48.7. The standard InChI is InChI=1S/C66H127NO5/c1-3-5-7-9-11-13-15-16-17-18-19-23-26-29-32-35-39-42-46-50-54-58-64(69)63(62-68)67-65(70)59-55-51-47-43-40-36-33-30-27-24-21-20-22-25-28-31-34-37-41-45-49-53-57-61-72-66(71)60-56-52-48-44-38-14-12-10-8-6-4-2/h20,22,24,27,63-64,68-69H,3-19,21,23,25-26,28-62H2,1-2H3,(H,67,70)/b22-20-,27-24-. The highest BCUT2D eigenvalue weighted by molar-refractivity contribution is 5.76. The van der Waals surface area contributed by atoms with Gasteiger partial charge in [-0.15, -0.1) is 0 Å². The van der Waals surface area contributed by atoms with Gasteiger partial charge in [-0.05, 0) is 57.8 Å². The fourth-order valence-corrected chi connectivity index (χ4v) is 10.3. The molecule has 0 rings (SSSR count). The van der Waals surface area contributed by atoms with E-state index in [4.69, 9.17) is 4.74 Å². The Morgan fingerprint density at radius 1 is 0.389 bits per heavy atom. The van der Waals surface area contributed by atoms with Crippen molar-refractivity contribution >= 4 is 11.9 Å². The van der Waals surface area contributed by atoms with E-state index in [9.17, 15) is 19.8 Å². The number of carbonyl (C=O) groups is 2. The second-order valence-corrected chi connectivity index (χ2v) is 22.5. The molecule has 6 nitrogen and oxygen atoms in total. The molecule has 0 fully saturated rings. The molecule has 0 spiro atoms. The first-order valence-corrected chi connectivity index (χ1v) is 32.6. The van der Waals surface area contributed by atoms with Gasteiger partial charge in [0.15, 0.2) is 0 Å². The number of nitrogens with one attached hydrogen (secondary N) is 1. The number of aliphatic hydroxyl groups excluding tert-OH is 2. The van der Waals surface area contributed by atoms with Crippen molar-refractivity contribution in [2.75, 3.05) is 13.2 Å². The van der Waals surface area contributed by atoms with Crippen LogP contribution in [0.15, 0.2) is 24.3 Å². The summed E-state index contributed by atoms with van der Waals surface area (Å²) in [6, 6.07) is -0.550. The Bertz CT molecular complexity index is 1120. The first-order chi connectivity index (χ1) is 35.5. The summed E-state index contributed by atoms with van der Waals surface area (Å²) in [4.78, 5) is 24.5. The molecule has 72 heavy (non-hydrogen) atoms. The predicted molar refractivity (Wildman–Crippen MR) is 315 cm³/mol. The average molecular weight is 1010 g/mol. The number of hydrogen-bond donors (Lipinski definition) is 3. The van der Waals surface area contributed by atoms with Gasteiger partial charge in [-0.3, -0.25) is 9.59 Å². The van der Waals surface area contributed by atoms with Gasteiger partial charge < -0.3 is 20.3 Å². The highest BCUT2D eigenvalue weighted by Crippen LogP contribution is 2.18. The van der Waals surface area contributed by atoms with Crippen LogP contribution in [-0.4, -0.2) is 47.4 Å². The van der Waals surface area contributed by atoms with Gasteiger partial charge in [0.25, 0.3) is 0 Å². The van der Waals surface area contributed by atoms with E-state index in [1.54, 1.807) is 0 Å². The van der Waals surface area contributed by atoms with Crippen molar-refractivity contribution in [3.63, 3.8) is 0 Å². The SMILES string of the molecule is CCCCCCCCCCCCCCCCCCCCCCCC(O)C(CO)NC(=O)CCCCCCCCC/C=C\C/C=C\CCCCCCCCCCCOC(=O)CCCCCCCCCCCCC. The number of carbonyl (C=O) groups excluding carboxylic acids is 2. The molecule has 0 aliphatic heterocycles. The molecule has 3 N–H and O–H groups in total. The molecule has 2 atom stereocenters. The van der Waals surface area contributed by atoms with Crippen LogP contribution in [0.2, 0.25) is 0 Å². The van der Waals surface area contributed by atoms with Crippen molar-refractivity contribution < 1.29 is 24.5 Å². The summed E-state index contributed by atoms with van der Waals surface area (Å²) >= 11 is 0. The van der Waals surface area contributed by atoms with E-state index in [2.05, 4.69) is 43.5 Å². The summed E-state index contributed by atoms with van der Waals surface area (Å²) in [5, 5.41) is 23.4. The van der Waals surface area contributed by atoms with E-state index in [0.717, 1.165) is 44.9 Å². The lowest BCUT2D eigenvalue weighted by Gasteiger charge is -2.22. The summed E-state index contributed by atoms with van der Waals surface area (Å²) < 4.78 is 5.46. The second-order valence-electron chi connectivity index (χ2n) is 22.5. The Hall–Kier alpha value is -1.66. The van der Waals surface area contributed by atoms with Crippen LogP contribution in [-0.2, 0) is 14.3 Å². The van der Waals surface area contributed by atoms with Crippen molar-refractivity contribution in [3.8, 4) is 0 Å². The van der Waals surface area contributed by atoms with Crippen molar-refractivity contribution in [1.29, 1.82) is 0 Å². The Balaban J connectivity index is 3.45. The van der Waals surface area contributed by atoms with Crippen LogP contribution in [0.5, 0.6) is 0 Å². The maximum absolute atomic E-state index is 12.5. The average Bonchev–Trinajstić information content (AvgIpc) is 3.38. The first kappa shape index (κ1) is 70.3. The maximum Gasteiger partial charge on any atom is 0.305 e. The molecule has 0 aromatic heterocycles. The normalized spacial score (nSPS) is 12.7. The lowest BCUT2D eigenvalue weighted by atomic mass is 10.0. The van der Waals surface area contributed by atoms with Crippen molar-refractivity contribution in [2.24, 2.45) is 0 Å². The number of allylic oxidation sites excluding steroid dienone is 4. The number of ether oxygens (including phenoxy) is 1. The summed E-state index contributed by atoms with van der Waals surface area (Å²) in [7, 11) is 0. The minimum absolute atomic E-state index is 0.00732. The molecule has 6 heteroatoms. The van der Waals surface area contributed by atoms with E-state index in [1.165, 1.54) is 283 Å². The number of amides is 1. The lowest BCUT2D eigenvalue weighted by molar-refractivity contribution is -0.143. The molecule has 426 valence electrons. The summed E-state index contributed by atoms with van der Waals surface area (Å²) in [5.74, 6) is -0.0344. The van der Waals surface area contributed by atoms with Crippen LogP contribution in [0.25, 0.3) is 0 Å². The highest BCUT2D eigenvalue weighted by Gasteiger charge is 2.20. The third kappa shape index (κ3) is 57.6. The third-order valence-corrected chi connectivity index (χ3v) is 15.3. The van der Waals surface area contributed by atoms with Gasteiger partial charge in [0.05, 0.1) is 25.4 Å². The summed E-state index contributed by atoms with van der Waals surface area (Å²) in [6.45, 7) is 4.97. The Morgan fingerprint density at radius 3 is 1.06 bits per heavy atom. The molecule has 0 heterocycles. The van der Waals surface area contributed by atoms with Crippen LogP contribution in [0.4, 0.5) is 0 Å². The lowest BCUT2D eigenvalue weighted by Crippen LogP contribution is -2.45. The van der Waals surface area contributed by atoms with E-state index < -0.39 is 12.1 Å². The van der Waals surface area contributed by atoms with Gasteiger partial charge in [0.1, 0.15) is 0 Å². The molecule has 0 aromatic rings. The van der Waals surface area contributed by atoms with Crippen LogP contribution in [0, 0.1) is 0 Å². The van der Waals surface area contributed by atoms with Crippen LogP contribution in [0.1, 0.15) is 361 Å². The molecule has 0 aromatic carbocycles. The third-order valence-electron chi connectivity index (χ3n) is 15.3. The zero-order chi connectivity index (χ0) is 52.2. The minimum atomic E-state index is -0.672. The number of aliphatic hydroxyl groups is 2. The van der Waals surface area contributed by atoms with Crippen molar-refractivity contribution in [1.82, 2.24) is 5.32 Å². The fourth-order valence-electron chi connectivity index (χ4n) is 10.3. The highest BCUT2D eigenvalue weighted by atomic mass is 16.5. The van der Waals surface area contributed by atoms with Crippen LogP contribution >= 0.6 is 0 Å². The van der Waals surface area contributed by atoms with Crippen LogP contribution in [0.3, 0.4) is 0 Å². The van der Waals surface area contributed by atoms with Gasteiger partial charge in [0, 0.05) is 12.8 Å². The number of unbranched alkanes of at least 4 members (excludes halogenated alkanes) is 46. The fraction of sp³-hybridized carbons (Fsp3) is 0.909. The molecule has 0 saturated heterocycles. The van der Waals surface area contributed by atoms with Gasteiger partial charge in [-0.1, -0.05) is 314 Å². The molecular weight excluding hydrogens is 887 g/mol. The second kappa shape index (κ2) is 61.9. The first-order valence-electron chi connectivity index (χ1n) is 32.6. The molecule has 1 amide bonds. The number of esters is 1. The van der Waals surface area contributed by atoms with Gasteiger partial charge in [0.2, 0.25) is 5.91 Å². The topological polar surface area (TPSA) is 95.9 Å². The summed E-state index contributed by atoms with van der Waals surface area (Å²) in [6.07, 6.45) is 76.3. The van der Waals surface area contributed by atoms with E-state index in [-0.39, 0.29) is 18.5 Å². The molecule has 0 radical (unpaired) electrons. The van der Waals surface area contributed by atoms with E-state index in [0.29, 0.717) is 25.9 Å². The quantitative estimate of drug-likeness (QED) is 0.0320. The molecule has 0 bridgehead atoms. The number of hydrogen-bond acceptors (Lipinski definition) is 5. The van der Waals surface area contributed by atoms with Gasteiger partial charge in [-0.2, -0.15) is 0 Å². The maximum atomic E-state index is 12.5. The van der Waals surface area contributed by atoms with Gasteiger partial charge in [-0.25, -0.2) is 0 Å². The Kier molecular flexibility index (Phi) is 60.5. The Morgan fingerprint density at radius 2 is 0.694 bits per heavy atom. The molecule has 0 saturated carbocycles. The Labute approximate surface area is 450 Å². The van der Waals surface area contributed by atoms with E-state index >= 15 is 0 Å². The molecule has 0 aliphatic rings. The monoisotopic (exact) mass is 1010 g/mol. The smallest absolute Gasteiger partial charge is 0.305 e. The number of rotatable bonds is 61. The largest absolute Gasteiger partial charge is 0.466 e. The van der Waals surface area contributed by atoms with Crippen LogP contribution < -0.4 is 5.32 Å². The zero-order valence-electron chi connectivity index (χ0n) is 48.7. The molecule has 0 aliphatic carbocycles. The van der Waals surface area contributed by atoms with E-state index in [1.807, 2.05) is 0 Å². The summed E-state index contributed by atoms with van der Waals surface area (Å²) in [5.41, 5.74) is 0. The van der Waals surface area contributed by atoms with Gasteiger partial charge >= 0.3 is 5.97 Å². The van der Waals surface area contributed by atoms with Crippen molar-refractivity contribution in [3.05, 3.63) is 24.3 Å². The van der Waals surface area contributed by atoms with Crippen molar-refractivity contribution in [2.45, 2.75) is 373 Å². The minimum Gasteiger partial charge on any atom is -0.466 e. The molecular formula is C66H127NO5. The molecule has 2 unspecified atom stereocenters.